The highest BCUT2D eigenvalue weighted by Gasteiger charge is 2.30. The van der Waals surface area contributed by atoms with Crippen molar-refractivity contribution in [1.82, 2.24) is 25.1 Å². The summed E-state index contributed by atoms with van der Waals surface area (Å²) in [5, 5.41) is 12.8. The summed E-state index contributed by atoms with van der Waals surface area (Å²) >= 11 is 1.49. The summed E-state index contributed by atoms with van der Waals surface area (Å²) in [4.78, 5) is 16.6. The lowest BCUT2D eigenvalue weighted by atomic mass is 9.86. The maximum absolute atomic E-state index is 12.4. The van der Waals surface area contributed by atoms with Gasteiger partial charge in [0, 0.05) is 30.0 Å². The quantitative estimate of drug-likeness (QED) is 0.787. The first-order valence-electron chi connectivity index (χ1n) is 9.50. The molecule has 2 aromatic rings. The summed E-state index contributed by atoms with van der Waals surface area (Å²) in [6.07, 6.45) is 10.7. The van der Waals surface area contributed by atoms with E-state index >= 15 is 0 Å². The molecule has 1 N–H and O–H groups in total. The van der Waals surface area contributed by atoms with Gasteiger partial charge in [0.15, 0.2) is 11.0 Å². The van der Waals surface area contributed by atoms with Crippen LogP contribution < -0.4 is 5.32 Å². The molecule has 6 nitrogen and oxygen atoms in total. The van der Waals surface area contributed by atoms with Crippen molar-refractivity contribution in [3.63, 3.8) is 0 Å². The number of nitrogens with one attached hydrogen (secondary N) is 1. The average Bonchev–Trinajstić information content (AvgIpc) is 3.42. The Labute approximate surface area is 158 Å². The smallest absolute Gasteiger partial charge is 0.230 e. The Morgan fingerprint density at radius 2 is 2.12 bits per heavy atom. The standard InChI is InChI=1S/C19H25N5OS/c1-13-5-2-3-7-16(13)21-17(25)12-26-19-23-22-18(24(19)15-8-9-15)14-6-4-10-20-11-14/h4,6,10-11,13,15-16H,2-3,5,7-9,12H2,1H3,(H,21,25)/t13-,16+/m1/s1. The third-order valence-electron chi connectivity index (χ3n) is 5.29. The first kappa shape index (κ1) is 17.5. The number of rotatable bonds is 6. The van der Waals surface area contributed by atoms with E-state index in [1.54, 1.807) is 6.20 Å². The highest BCUT2D eigenvalue weighted by Crippen LogP contribution is 2.40. The molecule has 138 valence electrons. The lowest BCUT2D eigenvalue weighted by molar-refractivity contribution is -0.119. The van der Waals surface area contributed by atoms with Crippen LogP contribution in [0.1, 0.15) is 51.5 Å². The van der Waals surface area contributed by atoms with Crippen LogP contribution in [0.5, 0.6) is 0 Å². The van der Waals surface area contributed by atoms with Crippen molar-refractivity contribution in [2.45, 2.75) is 62.7 Å². The minimum Gasteiger partial charge on any atom is -0.352 e. The lowest BCUT2D eigenvalue weighted by Gasteiger charge is -2.29. The number of pyridine rings is 1. The zero-order valence-electron chi connectivity index (χ0n) is 15.1. The van der Waals surface area contributed by atoms with Gasteiger partial charge in [-0.15, -0.1) is 10.2 Å². The summed E-state index contributed by atoms with van der Waals surface area (Å²) in [6.45, 7) is 2.24. The number of hydrogen-bond acceptors (Lipinski definition) is 5. The Morgan fingerprint density at radius 1 is 1.27 bits per heavy atom. The van der Waals surface area contributed by atoms with E-state index in [4.69, 9.17) is 0 Å². The van der Waals surface area contributed by atoms with Crippen molar-refractivity contribution in [3.8, 4) is 11.4 Å². The van der Waals surface area contributed by atoms with Crippen molar-refractivity contribution >= 4 is 17.7 Å². The van der Waals surface area contributed by atoms with E-state index in [9.17, 15) is 4.79 Å². The minimum absolute atomic E-state index is 0.0991. The predicted molar refractivity (Wildman–Crippen MR) is 102 cm³/mol. The second kappa shape index (κ2) is 7.78. The summed E-state index contributed by atoms with van der Waals surface area (Å²) in [7, 11) is 0. The Balaban J connectivity index is 1.42. The zero-order chi connectivity index (χ0) is 17.9. The van der Waals surface area contributed by atoms with Gasteiger partial charge in [-0.25, -0.2) is 0 Å². The van der Waals surface area contributed by atoms with Crippen molar-refractivity contribution < 1.29 is 4.79 Å². The first-order valence-corrected chi connectivity index (χ1v) is 10.5. The molecular weight excluding hydrogens is 346 g/mol. The van der Waals surface area contributed by atoms with Crippen molar-refractivity contribution in [2.75, 3.05) is 5.75 Å². The number of thioether (sulfide) groups is 1. The fourth-order valence-electron chi connectivity index (χ4n) is 3.64. The van der Waals surface area contributed by atoms with Crippen molar-refractivity contribution in [2.24, 2.45) is 5.92 Å². The Kier molecular flexibility index (Phi) is 5.24. The predicted octanol–water partition coefficient (Wildman–Crippen LogP) is 3.46. The maximum atomic E-state index is 12.4. The van der Waals surface area contributed by atoms with Gasteiger partial charge in [-0.3, -0.25) is 14.3 Å². The molecule has 2 heterocycles. The summed E-state index contributed by atoms with van der Waals surface area (Å²) in [5.41, 5.74) is 0.972. The van der Waals surface area contributed by atoms with Gasteiger partial charge in [0.2, 0.25) is 5.91 Å². The van der Waals surface area contributed by atoms with E-state index < -0.39 is 0 Å². The highest BCUT2D eigenvalue weighted by atomic mass is 32.2. The molecule has 0 radical (unpaired) electrons. The van der Waals surface area contributed by atoms with Crippen molar-refractivity contribution in [1.29, 1.82) is 0 Å². The second-order valence-electron chi connectivity index (χ2n) is 7.37. The van der Waals surface area contributed by atoms with Crippen LogP contribution in [0, 0.1) is 5.92 Å². The molecule has 0 aromatic carbocycles. The Bertz CT molecular complexity index is 759. The molecule has 2 atom stereocenters. The van der Waals surface area contributed by atoms with Crippen LogP contribution in [0.25, 0.3) is 11.4 Å². The molecule has 2 aliphatic carbocycles. The summed E-state index contributed by atoms with van der Waals surface area (Å²) in [5.74, 6) is 1.91. The van der Waals surface area contributed by atoms with Crippen LogP contribution in [0.2, 0.25) is 0 Å². The molecule has 4 rings (SSSR count). The van der Waals surface area contributed by atoms with Crippen LogP contribution in [-0.2, 0) is 4.79 Å². The zero-order valence-corrected chi connectivity index (χ0v) is 15.9. The lowest BCUT2D eigenvalue weighted by Crippen LogP contribution is -2.41. The molecular formula is C19H25N5OS. The summed E-state index contributed by atoms with van der Waals surface area (Å²) < 4.78 is 2.18. The first-order chi connectivity index (χ1) is 12.7. The van der Waals surface area contributed by atoms with E-state index in [2.05, 4.69) is 32.0 Å². The topological polar surface area (TPSA) is 72.7 Å². The van der Waals surface area contributed by atoms with Gasteiger partial charge in [0.05, 0.1) is 5.75 Å². The van der Waals surface area contributed by atoms with Crippen LogP contribution in [0.15, 0.2) is 29.7 Å². The average molecular weight is 372 g/mol. The molecule has 0 unspecified atom stereocenters. The van der Waals surface area contributed by atoms with E-state index in [1.807, 2.05) is 18.3 Å². The number of aromatic nitrogens is 4. The van der Waals surface area contributed by atoms with Crippen LogP contribution >= 0.6 is 11.8 Å². The van der Waals surface area contributed by atoms with E-state index in [0.717, 1.165) is 35.8 Å². The van der Waals surface area contributed by atoms with Gasteiger partial charge in [-0.1, -0.05) is 31.5 Å². The molecule has 0 aliphatic heterocycles. The van der Waals surface area contributed by atoms with Gasteiger partial charge in [0.25, 0.3) is 0 Å². The molecule has 0 bridgehead atoms. The Hall–Kier alpha value is -1.89. The second-order valence-corrected chi connectivity index (χ2v) is 8.32. The van der Waals surface area contributed by atoms with Crippen LogP contribution in [-0.4, -0.2) is 37.5 Å². The SMILES string of the molecule is C[C@@H]1CCCC[C@@H]1NC(=O)CSc1nnc(-c2cccnc2)n1C1CC1. The van der Waals surface area contributed by atoms with E-state index in [1.165, 1.54) is 31.0 Å². The molecule has 2 aliphatic rings. The van der Waals surface area contributed by atoms with Gasteiger partial charge in [-0.05, 0) is 43.7 Å². The number of hydrogen-bond donors (Lipinski definition) is 1. The molecule has 1 amide bonds. The number of amides is 1. The van der Waals surface area contributed by atoms with Crippen LogP contribution in [0.4, 0.5) is 0 Å². The molecule has 2 saturated carbocycles. The molecule has 7 heteroatoms. The third-order valence-corrected chi connectivity index (χ3v) is 6.23. The highest BCUT2D eigenvalue weighted by molar-refractivity contribution is 7.99. The Morgan fingerprint density at radius 3 is 2.85 bits per heavy atom. The fraction of sp³-hybridized carbons (Fsp3) is 0.579. The van der Waals surface area contributed by atoms with Gasteiger partial charge in [0.1, 0.15) is 0 Å². The monoisotopic (exact) mass is 371 g/mol. The maximum Gasteiger partial charge on any atom is 0.230 e. The molecule has 0 saturated heterocycles. The van der Waals surface area contributed by atoms with Gasteiger partial charge < -0.3 is 5.32 Å². The number of carbonyl (C=O) groups excluding carboxylic acids is 1. The fourth-order valence-corrected chi connectivity index (χ4v) is 4.46. The number of carbonyl (C=O) groups is 1. The third kappa shape index (κ3) is 3.92. The minimum atomic E-state index is 0.0991. The molecule has 26 heavy (non-hydrogen) atoms. The molecule has 2 fully saturated rings. The van der Waals surface area contributed by atoms with Gasteiger partial charge in [-0.2, -0.15) is 0 Å². The van der Waals surface area contributed by atoms with Crippen molar-refractivity contribution in [3.05, 3.63) is 24.5 Å². The molecule has 0 spiro atoms. The van der Waals surface area contributed by atoms with E-state index in [0.29, 0.717) is 23.8 Å². The normalized spacial score (nSPS) is 23.0. The summed E-state index contributed by atoms with van der Waals surface area (Å²) in [6, 6.07) is 4.68. The van der Waals surface area contributed by atoms with Gasteiger partial charge >= 0.3 is 0 Å². The number of nitrogens with zero attached hydrogens (tertiary/aromatic N) is 4. The van der Waals surface area contributed by atoms with E-state index in [-0.39, 0.29) is 5.91 Å². The largest absolute Gasteiger partial charge is 0.352 e. The van der Waals surface area contributed by atoms with Crippen LogP contribution in [0.3, 0.4) is 0 Å². The molecule has 2 aromatic heterocycles.